The summed E-state index contributed by atoms with van der Waals surface area (Å²) in [6.07, 6.45) is 4.75. The first-order valence-electron chi connectivity index (χ1n) is 8.41. The zero-order valence-corrected chi connectivity index (χ0v) is 14.9. The van der Waals surface area contributed by atoms with Gasteiger partial charge in [-0.25, -0.2) is 0 Å². The molecule has 6 nitrogen and oxygen atoms in total. The van der Waals surface area contributed by atoms with Crippen LogP contribution in [0.4, 0.5) is 0 Å². The van der Waals surface area contributed by atoms with Crippen LogP contribution in [0.25, 0.3) is 5.69 Å². The minimum absolute atomic E-state index is 0.0530. The van der Waals surface area contributed by atoms with Crippen molar-refractivity contribution in [3.8, 4) is 5.69 Å². The van der Waals surface area contributed by atoms with Gasteiger partial charge in [0.05, 0.1) is 11.4 Å². The maximum absolute atomic E-state index is 12.2. The molecule has 0 aliphatic heterocycles. The molecule has 24 heavy (non-hydrogen) atoms. The van der Waals surface area contributed by atoms with E-state index < -0.39 is 0 Å². The average molecular weight is 345 g/mol. The quantitative estimate of drug-likeness (QED) is 0.844. The molecule has 1 heterocycles. The molecule has 2 aromatic rings. The average Bonchev–Trinajstić information content (AvgIpc) is 3.04. The van der Waals surface area contributed by atoms with Gasteiger partial charge in [0.1, 0.15) is 0 Å². The Morgan fingerprint density at radius 2 is 2.04 bits per heavy atom. The van der Waals surface area contributed by atoms with E-state index in [4.69, 9.17) is 0 Å². The second-order valence-electron chi connectivity index (χ2n) is 6.43. The van der Waals surface area contributed by atoms with Gasteiger partial charge in [0.2, 0.25) is 11.1 Å². The molecule has 1 N–H and O–H groups in total. The van der Waals surface area contributed by atoms with Crippen molar-refractivity contribution in [2.24, 2.45) is 5.92 Å². The minimum Gasteiger partial charge on any atom is -0.352 e. The van der Waals surface area contributed by atoms with Gasteiger partial charge in [-0.2, -0.15) is 4.68 Å². The van der Waals surface area contributed by atoms with Crippen molar-refractivity contribution in [1.82, 2.24) is 25.5 Å². The lowest BCUT2D eigenvalue weighted by Crippen LogP contribution is -2.41. The van der Waals surface area contributed by atoms with Crippen LogP contribution in [0.1, 0.15) is 38.2 Å². The summed E-state index contributed by atoms with van der Waals surface area (Å²) in [5.41, 5.74) is 2.08. The number of nitrogens with zero attached hydrogens (tertiary/aromatic N) is 4. The number of aromatic nitrogens is 4. The summed E-state index contributed by atoms with van der Waals surface area (Å²) in [5, 5.41) is 15.6. The smallest absolute Gasteiger partial charge is 0.230 e. The van der Waals surface area contributed by atoms with Gasteiger partial charge >= 0.3 is 0 Å². The van der Waals surface area contributed by atoms with E-state index in [1.54, 1.807) is 4.68 Å². The highest BCUT2D eigenvalue weighted by atomic mass is 32.2. The first-order chi connectivity index (χ1) is 11.6. The van der Waals surface area contributed by atoms with Gasteiger partial charge < -0.3 is 5.32 Å². The molecule has 1 saturated carbocycles. The minimum atomic E-state index is 0.0530. The Morgan fingerprint density at radius 3 is 2.79 bits per heavy atom. The highest BCUT2D eigenvalue weighted by Crippen LogP contribution is 2.24. The van der Waals surface area contributed by atoms with Crippen molar-refractivity contribution in [2.75, 3.05) is 5.75 Å². The molecule has 3 rings (SSSR count). The van der Waals surface area contributed by atoms with Crippen LogP contribution in [0.5, 0.6) is 0 Å². The monoisotopic (exact) mass is 345 g/mol. The molecule has 0 radical (unpaired) electrons. The summed E-state index contributed by atoms with van der Waals surface area (Å²) in [6.45, 7) is 4.25. The summed E-state index contributed by atoms with van der Waals surface area (Å²) in [7, 11) is 0. The number of tetrazole rings is 1. The second kappa shape index (κ2) is 7.79. The standard InChI is InChI=1S/C17H23N5OS/c1-12-7-9-14(10-8-12)22-17(19-20-21-22)24-11-16(23)18-15-6-4-3-5-13(15)2/h7-10,13,15H,3-6,11H2,1-2H3,(H,18,23)/t13-,15-/m1/s1. The Bertz CT molecular complexity index is 685. The number of aryl methyl sites for hydroxylation is 1. The highest BCUT2D eigenvalue weighted by Gasteiger charge is 2.23. The van der Waals surface area contributed by atoms with Crippen LogP contribution in [0.3, 0.4) is 0 Å². The van der Waals surface area contributed by atoms with Crippen molar-refractivity contribution in [2.45, 2.75) is 50.7 Å². The SMILES string of the molecule is Cc1ccc(-n2nnnc2SCC(=O)N[C@@H]2CCCC[C@H]2C)cc1. The molecule has 0 saturated heterocycles. The number of amides is 1. The lowest BCUT2D eigenvalue weighted by atomic mass is 9.86. The lowest BCUT2D eigenvalue weighted by molar-refractivity contribution is -0.119. The first-order valence-corrected chi connectivity index (χ1v) is 9.39. The molecule has 1 aromatic carbocycles. The number of thioether (sulfide) groups is 1. The van der Waals surface area contributed by atoms with Crippen LogP contribution in [0.2, 0.25) is 0 Å². The number of benzene rings is 1. The predicted molar refractivity (Wildman–Crippen MR) is 94.2 cm³/mol. The number of hydrogen-bond acceptors (Lipinski definition) is 5. The Balaban J connectivity index is 1.58. The van der Waals surface area contributed by atoms with E-state index in [0.717, 1.165) is 12.1 Å². The Labute approximate surface area is 146 Å². The van der Waals surface area contributed by atoms with Crippen LogP contribution in [-0.2, 0) is 4.79 Å². The Kier molecular flexibility index (Phi) is 5.50. The second-order valence-corrected chi connectivity index (χ2v) is 7.38. The summed E-state index contributed by atoms with van der Waals surface area (Å²) >= 11 is 1.37. The molecule has 1 fully saturated rings. The number of rotatable bonds is 5. The predicted octanol–water partition coefficient (Wildman–Crippen LogP) is 2.76. The molecule has 0 spiro atoms. The maximum Gasteiger partial charge on any atom is 0.230 e. The van der Waals surface area contributed by atoms with E-state index >= 15 is 0 Å². The van der Waals surface area contributed by atoms with Crippen molar-refractivity contribution < 1.29 is 4.79 Å². The van der Waals surface area contributed by atoms with E-state index in [1.807, 2.05) is 31.2 Å². The molecule has 128 valence electrons. The fourth-order valence-electron chi connectivity index (χ4n) is 3.03. The van der Waals surface area contributed by atoms with Gasteiger partial charge in [0.25, 0.3) is 0 Å². The lowest BCUT2D eigenvalue weighted by Gasteiger charge is -2.29. The molecule has 7 heteroatoms. The van der Waals surface area contributed by atoms with E-state index in [9.17, 15) is 4.79 Å². The van der Waals surface area contributed by atoms with Crippen LogP contribution >= 0.6 is 11.8 Å². The molecule has 2 atom stereocenters. The zero-order chi connectivity index (χ0) is 16.9. The Hall–Kier alpha value is -1.89. The van der Waals surface area contributed by atoms with Gasteiger partial charge in [0, 0.05) is 6.04 Å². The highest BCUT2D eigenvalue weighted by molar-refractivity contribution is 7.99. The fraction of sp³-hybridized carbons (Fsp3) is 0.529. The zero-order valence-electron chi connectivity index (χ0n) is 14.1. The summed E-state index contributed by atoms with van der Waals surface area (Å²) < 4.78 is 1.67. The largest absolute Gasteiger partial charge is 0.352 e. The van der Waals surface area contributed by atoms with Gasteiger partial charge in [-0.05, 0) is 48.2 Å². The molecule has 1 aromatic heterocycles. The van der Waals surface area contributed by atoms with Crippen molar-refractivity contribution in [3.05, 3.63) is 29.8 Å². The number of carbonyl (C=O) groups excluding carboxylic acids is 1. The molecule has 0 unspecified atom stereocenters. The first kappa shape index (κ1) is 17.0. The third-order valence-corrected chi connectivity index (χ3v) is 5.43. The summed E-state index contributed by atoms with van der Waals surface area (Å²) in [4.78, 5) is 12.2. The van der Waals surface area contributed by atoms with Gasteiger partial charge in [0.15, 0.2) is 0 Å². The molecule has 1 amide bonds. The van der Waals surface area contributed by atoms with Crippen molar-refractivity contribution in [3.63, 3.8) is 0 Å². The molecular weight excluding hydrogens is 322 g/mol. The topological polar surface area (TPSA) is 72.7 Å². The number of nitrogens with one attached hydrogen (secondary N) is 1. The fourth-order valence-corrected chi connectivity index (χ4v) is 3.73. The Morgan fingerprint density at radius 1 is 1.29 bits per heavy atom. The molecule has 0 bridgehead atoms. The third kappa shape index (κ3) is 4.14. The van der Waals surface area contributed by atoms with E-state index in [-0.39, 0.29) is 5.91 Å². The number of hydrogen-bond donors (Lipinski definition) is 1. The molecule has 1 aliphatic rings. The van der Waals surface area contributed by atoms with E-state index in [0.29, 0.717) is 22.9 Å². The van der Waals surface area contributed by atoms with Crippen LogP contribution in [0, 0.1) is 12.8 Å². The van der Waals surface area contributed by atoms with Crippen molar-refractivity contribution in [1.29, 1.82) is 0 Å². The van der Waals surface area contributed by atoms with Crippen LogP contribution in [-0.4, -0.2) is 37.9 Å². The molecular formula is C17H23N5OS. The van der Waals surface area contributed by atoms with Crippen LogP contribution < -0.4 is 5.32 Å². The normalized spacial score (nSPS) is 20.8. The molecule has 1 aliphatic carbocycles. The van der Waals surface area contributed by atoms with Crippen LogP contribution in [0.15, 0.2) is 29.4 Å². The van der Waals surface area contributed by atoms with Gasteiger partial charge in [-0.15, -0.1) is 5.10 Å². The van der Waals surface area contributed by atoms with Crippen molar-refractivity contribution >= 4 is 17.7 Å². The van der Waals surface area contributed by atoms with E-state index in [2.05, 4.69) is 27.8 Å². The number of carbonyl (C=O) groups is 1. The summed E-state index contributed by atoms with van der Waals surface area (Å²) in [6, 6.07) is 8.28. The van der Waals surface area contributed by atoms with Gasteiger partial charge in [-0.1, -0.05) is 49.2 Å². The van der Waals surface area contributed by atoms with E-state index in [1.165, 1.54) is 36.6 Å². The van der Waals surface area contributed by atoms with Gasteiger partial charge in [-0.3, -0.25) is 4.79 Å². The maximum atomic E-state index is 12.2. The third-order valence-electron chi connectivity index (χ3n) is 4.51. The summed E-state index contributed by atoms with van der Waals surface area (Å²) in [5.74, 6) is 0.943.